The molecule has 1 fully saturated rings. The third kappa shape index (κ3) is 2.61. The quantitative estimate of drug-likeness (QED) is 0.659. The minimum absolute atomic E-state index is 0.0769. The molecular formula is C13H18N2O3. The molecule has 0 amide bonds. The largest absolute Gasteiger partial charge is 0.376 e. The van der Waals surface area contributed by atoms with Crippen LogP contribution in [-0.2, 0) is 4.74 Å². The molecule has 0 bridgehead atoms. The molecule has 2 unspecified atom stereocenters. The molecule has 0 aromatic heterocycles. The SMILES string of the molecule is Cc1cccc(NC(C)C2CCCO2)c1[N+](=O)[O-]. The number of ether oxygens (including phenoxy) is 1. The molecule has 1 aliphatic heterocycles. The van der Waals surface area contributed by atoms with E-state index in [0.717, 1.165) is 19.4 Å². The number of nitrogens with one attached hydrogen (secondary N) is 1. The van der Waals surface area contributed by atoms with Crippen LogP contribution in [0.5, 0.6) is 0 Å². The molecule has 1 N–H and O–H groups in total. The van der Waals surface area contributed by atoms with Crippen molar-refractivity contribution >= 4 is 11.4 Å². The molecule has 18 heavy (non-hydrogen) atoms. The van der Waals surface area contributed by atoms with Crippen molar-refractivity contribution in [3.05, 3.63) is 33.9 Å². The van der Waals surface area contributed by atoms with Crippen molar-refractivity contribution in [1.82, 2.24) is 0 Å². The highest BCUT2D eigenvalue weighted by Crippen LogP contribution is 2.29. The van der Waals surface area contributed by atoms with Crippen molar-refractivity contribution in [1.29, 1.82) is 0 Å². The van der Waals surface area contributed by atoms with E-state index in [-0.39, 0.29) is 22.8 Å². The Bertz CT molecular complexity index is 442. The van der Waals surface area contributed by atoms with Crippen LogP contribution < -0.4 is 5.32 Å². The van der Waals surface area contributed by atoms with Gasteiger partial charge in [-0.25, -0.2) is 0 Å². The maximum absolute atomic E-state index is 11.1. The maximum Gasteiger partial charge on any atom is 0.295 e. The van der Waals surface area contributed by atoms with E-state index >= 15 is 0 Å². The number of nitro benzene ring substituents is 1. The monoisotopic (exact) mass is 250 g/mol. The van der Waals surface area contributed by atoms with E-state index in [1.165, 1.54) is 0 Å². The first-order chi connectivity index (χ1) is 8.59. The zero-order chi connectivity index (χ0) is 13.1. The van der Waals surface area contributed by atoms with Gasteiger partial charge in [0.15, 0.2) is 0 Å². The highest BCUT2D eigenvalue weighted by atomic mass is 16.6. The lowest BCUT2D eigenvalue weighted by Gasteiger charge is -2.21. The minimum Gasteiger partial charge on any atom is -0.376 e. The number of aryl methyl sites for hydroxylation is 1. The standard InChI is InChI=1S/C13H18N2O3/c1-9-5-3-6-11(13(9)15(16)17)14-10(2)12-7-4-8-18-12/h3,5-6,10,12,14H,4,7-8H2,1-2H3. The van der Waals surface area contributed by atoms with Crippen molar-refractivity contribution < 1.29 is 9.66 Å². The molecule has 2 rings (SSSR count). The lowest BCUT2D eigenvalue weighted by atomic mass is 10.1. The Morgan fingerprint density at radius 3 is 2.94 bits per heavy atom. The molecule has 0 spiro atoms. The Hall–Kier alpha value is -1.62. The second-order valence-electron chi connectivity index (χ2n) is 4.71. The van der Waals surface area contributed by atoms with Gasteiger partial charge in [0.25, 0.3) is 5.69 Å². The van der Waals surface area contributed by atoms with Gasteiger partial charge in [-0.05, 0) is 32.8 Å². The van der Waals surface area contributed by atoms with Crippen molar-refractivity contribution in [2.24, 2.45) is 0 Å². The summed E-state index contributed by atoms with van der Waals surface area (Å²) < 4.78 is 5.59. The number of nitrogens with zero attached hydrogens (tertiary/aromatic N) is 1. The fourth-order valence-corrected chi connectivity index (χ4v) is 2.35. The summed E-state index contributed by atoms with van der Waals surface area (Å²) in [6, 6.07) is 5.40. The lowest BCUT2D eigenvalue weighted by Crippen LogP contribution is -2.30. The highest BCUT2D eigenvalue weighted by molar-refractivity contribution is 5.65. The summed E-state index contributed by atoms with van der Waals surface area (Å²) in [5.41, 5.74) is 1.40. The smallest absolute Gasteiger partial charge is 0.295 e. The van der Waals surface area contributed by atoms with Crippen LogP contribution >= 0.6 is 0 Å². The summed E-state index contributed by atoms with van der Waals surface area (Å²) >= 11 is 0. The predicted molar refractivity (Wildman–Crippen MR) is 69.9 cm³/mol. The molecule has 0 aliphatic carbocycles. The molecule has 0 saturated carbocycles. The van der Waals surface area contributed by atoms with Crippen LogP contribution in [0.2, 0.25) is 0 Å². The fourth-order valence-electron chi connectivity index (χ4n) is 2.35. The normalized spacial score (nSPS) is 20.7. The summed E-state index contributed by atoms with van der Waals surface area (Å²) in [4.78, 5) is 10.7. The zero-order valence-corrected chi connectivity index (χ0v) is 10.7. The van der Waals surface area contributed by atoms with E-state index in [9.17, 15) is 10.1 Å². The Morgan fingerprint density at radius 1 is 1.56 bits per heavy atom. The van der Waals surface area contributed by atoms with Crippen LogP contribution in [0.4, 0.5) is 11.4 Å². The average Bonchev–Trinajstić information content (AvgIpc) is 2.81. The number of hydrogen-bond donors (Lipinski definition) is 1. The second kappa shape index (κ2) is 5.35. The van der Waals surface area contributed by atoms with E-state index in [1.54, 1.807) is 19.1 Å². The van der Waals surface area contributed by atoms with Gasteiger partial charge < -0.3 is 10.1 Å². The first-order valence-electron chi connectivity index (χ1n) is 6.21. The van der Waals surface area contributed by atoms with Gasteiger partial charge in [-0.15, -0.1) is 0 Å². The Kier molecular flexibility index (Phi) is 3.81. The molecule has 1 heterocycles. The van der Waals surface area contributed by atoms with Gasteiger partial charge in [-0.2, -0.15) is 0 Å². The third-order valence-electron chi connectivity index (χ3n) is 3.33. The summed E-state index contributed by atoms with van der Waals surface area (Å²) in [6.07, 6.45) is 2.21. The third-order valence-corrected chi connectivity index (χ3v) is 3.33. The van der Waals surface area contributed by atoms with E-state index in [0.29, 0.717) is 11.3 Å². The molecule has 5 heteroatoms. The van der Waals surface area contributed by atoms with Crippen LogP contribution in [0.15, 0.2) is 18.2 Å². The second-order valence-corrected chi connectivity index (χ2v) is 4.71. The molecule has 2 atom stereocenters. The Labute approximate surface area is 106 Å². The Morgan fingerprint density at radius 2 is 2.33 bits per heavy atom. The molecular weight excluding hydrogens is 232 g/mol. The van der Waals surface area contributed by atoms with Crippen molar-refractivity contribution in [3.8, 4) is 0 Å². The van der Waals surface area contributed by atoms with E-state index < -0.39 is 0 Å². The average molecular weight is 250 g/mol. The van der Waals surface area contributed by atoms with Crippen LogP contribution in [0.1, 0.15) is 25.3 Å². The predicted octanol–water partition coefficient (Wildman–Crippen LogP) is 2.88. The lowest BCUT2D eigenvalue weighted by molar-refractivity contribution is -0.384. The van der Waals surface area contributed by atoms with Crippen LogP contribution in [0.25, 0.3) is 0 Å². The summed E-state index contributed by atoms with van der Waals surface area (Å²) in [6.45, 7) is 4.54. The van der Waals surface area contributed by atoms with Gasteiger partial charge >= 0.3 is 0 Å². The zero-order valence-electron chi connectivity index (χ0n) is 10.7. The van der Waals surface area contributed by atoms with Gasteiger partial charge in [0.2, 0.25) is 0 Å². The number of para-hydroxylation sites is 1. The summed E-state index contributed by atoms with van der Waals surface area (Å²) in [5, 5.41) is 14.3. The topological polar surface area (TPSA) is 64.4 Å². The molecule has 1 aromatic carbocycles. The number of anilines is 1. The van der Waals surface area contributed by atoms with Gasteiger partial charge in [0.05, 0.1) is 11.0 Å². The number of hydrogen-bond acceptors (Lipinski definition) is 4. The first-order valence-corrected chi connectivity index (χ1v) is 6.21. The maximum atomic E-state index is 11.1. The van der Waals surface area contributed by atoms with Crippen molar-refractivity contribution in [2.75, 3.05) is 11.9 Å². The number of nitro groups is 1. The van der Waals surface area contributed by atoms with Crippen LogP contribution in [0.3, 0.4) is 0 Å². The van der Waals surface area contributed by atoms with E-state index in [4.69, 9.17) is 4.74 Å². The van der Waals surface area contributed by atoms with Gasteiger partial charge in [0, 0.05) is 18.2 Å². The first kappa shape index (κ1) is 12.8. The molecule has 0 radical (unpaired) electrons. The molecule has 1 saturated heterocycles. The molecule has 1 aromatic rings. The molecule has 1 aliphatic rings. The minimum atomic E-state index is -0.333. The van der Waals surface area contributed by atoms with Gasteiger partial charge in [-0.1, -0.05) is 12.1 Å². The Balaban J connectivity index is 2.17. The van der Waals surface area contributed by atoms with E-state index in [2.05, 4.69) is 5.32 Å². The fraction of sp³-hybridized carbons (Fsp3) is 0.538. The van der Waals surface area contributed by atoms with Gasteiger partial charge in [0.1, 0.15) is 5.69 Å². The van der Waals surface area contributed by atoms with Gasteiger partial charge in [-0.3, -0.25) is 10.1 Å². The molecule has 5 nitrogen and oxygen atoms in total. The summed E-state index contributed by atoms with van der Waals surface area (Å²) in [5.74, 6) is 0. The summed E-state index contributed by atoms with van der Waals surface area (Å²) in [7, 11) is 0. The number of rotatable bonds is 4. The van der Waals surface area contributed by atoms with Crippen molar-refractivity contribution in [2.45, 2.75) is 38.8 Å². The van der Waals surface area contributed by atoms with E-state index in [1.807, 2.05) is 13.0 Å². The van der Waals surface area contributed by atoms with Crippen molar-refractivity contribution in [3.63, 3.8) is 0 Å². The van der Waals surface area contributed by atoms with Crippen LogP contribution in [-0.4, -0.2) is 23.7 Å². The van der Waals surface area contributed by atoms with Crippen LogP contribution in [0, 0.1) is 17.0 Å². The highest BCUT2D eigenvalue weighted by Gasteiger charge is 2.25. The number of benzene rings is 1. The molecule has 98 valence electrons.